The van der Waals surface area contributed by atoms with Gasteiger partial charge in [0.1, 0.15) is 0 Å². The lowest BCUT2D eigenvalue weighted by Gasteiger charge is -2.28. The molecule has 1 aromatic heterocycles. The number of hydrogen-bond donors (Lipinski definition) is 1. The van der Waals surface area contributed by atoms with Crippen LogP contribution in [0.2, 0.25) is 0 Å². The van der Waals surface area contributed by atoms with E-state index in [-0.39, 0.29) is 0 Å². The fraction of sp³-hybridized carbons (Fsp3) is 0.688. The maximum absolute atomic E-state index is 4.35. The van der Waals surface area contributed by atoms with E-state index in [4.69, 9.17) is 0 Å². The highest BCUT2D eigenvalue weighted by Crippen LogP contribution is 2.29. The van der Waals surface area contributed by atoms with Gasteiger partial charge in [0.05, 0.1) is 0 Å². The molecule has 1 rings (SSSR count). The van der Waals surface area contributed by atoms with Gasteiger partial charge in [0.25, 0.3) is 0 Å². The van der Waals surface area contributed by atoms with Crippen LogP contribution in [0.5, 0.6) is 0 Å². The van der Waals surface area contributed by atoms with E-state index in [0.29, 0.717) is 6.04 Å². The molecule has 1 unspecified atom stereocenters. The van der Waals surface area contributed by atoms with Crippen molar-refractivity contribution in [2.75, 3.05) is 6.54 Å². The minimum absolute atomic E-state index is 0.460. The average Bonchev–Trinajstić information content (AvgIpc) is 2.36. The maximum Gasteiger partial charge on any atom is 0.0363 e. The van der Waals surface area contributed by atoms with E-state index in [1.165, 1.54) is 36.8 Å². The Bertz CT molecular complexity index is 330. The molecule has 0 aliphatic heterocycles. The third-order valence-corrected chi connectivity index (χ3v) is 3.47. The van der Waals surface area contributed by atoms with Crippen LogP contribution >= 0.6 is 0 Å². The minimum Gasteiger partial charge on any atom is -0.310 e. The second kappa shape index (κ2) is 8.25. The number of aromatic nitrogens is 1. The molecule has 0 radical (unpaired) electrons. The monoisotopic (exact) mass is 248 g/mol. The minimum atomic E-state index is 0.460. The molecule has 0 saturated carbocycles. The Kier molecular flexibility index (Phi) is 6.96. The summed E-state index contributed by atoms with van der Waals surface area (Å²) in [5.41, 5.74) is 2.60. The Morgan fingerprint density at radius 1 is 1.11 bits per heavy atom. The molecule has 0 spiro atoms. The van der Waals surface area contributed by atoms with Gasteiger partial charge in [0.15, 0.2) is 0 Å². The SMILES string of the molecule is CCCC(CCC)C(NCC)c1cncc(C)c1. The predicted octanol–water partition coefficient (Wildman–Crippen LogP) is 4.26. The van der Waals surface area contributed by atoms with Crippen molar-refractivity contribution in [3.8, 4) is 0 Å². The van der Waals surface area contributed by atoms with Gasteiger partial charge in [0.2, 0.25) is 0 Å². The first kappa shape index (κ1) is 15.2. The van der Waals surface area contributed by atoms with Crippen LogP contribution in [0.25, 0.3) is 0 Å². The van der Waals surface area contributed by atoms with Gasteiger partial charge in [-0.25, -0.2) is 0 Å². The highest BCUT2D eigenvalue weighted by Gasteiger charge is 2.21. The highest BCUT2D eigenvalue weighted by atomic mass is 14.9. The maximum atomic E-state index is 4.35. The number of aryl methyl sites for hydroxylation is 1. The Balaban J connectivity index is 2.91. The van der Waals surface area contributed by atoms with Crippen LogP contribution in [-0.4, -0.2) is 11.5 Å². The smallest absolute Gasteiger partial charge is 0.0363 e. The lowest BCUT2D eigenvalue weighted by atomic mass is 9.86. The van der Waals surface area contributed by atoms with Crippen molar-refractivity contribution in [2.24, 2.45) is 5.92 Å². The number of nitrogens with one attached hydrogen (secondary N) is 1. The first-order chi connectivity index (χ1) is 8.72. The summed E-state index contributed by atoms with van der Waals surface area (Å²) in [5, 5.41) is 3.66. The molecule has 0 saturated heterocycles. The molecule has 1 atom stereocenters. The van der Waals surface area contributed by atoms with Gasteiger partial charge in [-0.05, 0) is 43.4 Å². The molecule has 1 N–H and O–H groups in total. The summed E-state index contributed by atoms with van der Waals surface area (Å²) in [6.45, 7) is 9.88. The van der Waals surface area contributed by atoms with Crippen LogP contribution in [0.3, 0.4) is 0 Å². The number of hydrogen-bond acceptors (Lipinski definition) is 2. The first-order valence-electron chi connectivity index (χ1n) is 7.37. The topological polar surface area (TPSA) is 24.9 Å². The van der Waals surface area contributed by atoms with Gasteiger partial charge < -0.3 is 5.32 Å². The third kappa shape index (κ3) is 4.41. The molecule has 0 aliphatic rings. The molecule has 0 amide bonds. The van der Waals surface area contributed by atoms with Gasteiger partial charge in [-0.1, -0.05) is 39.7 Å². The second-order valence-electron chi connectivity index (χ2n) is 5.17. The summed E-state index contributed by atoms with van der Waals surface area (Å²) in [5.74, 6) is 0.726. The van der Waals surface area contributed by atoms with Crippen LogP contribution < -0.4 is 5.32 Å². The van der Waals surface area contributed by atoms with Crippen molar-refractivity contribution in [1.29, 1.82) is 0 Å². The fourth-order valence-electron chi connectivity index (χ4n) is 2.74. The van der Waals surface area contributed by atoms with E-state index in [0.717, 1.165) is 12.5 Å². The molecule has 0 aliphatic carbocycles. The summed E-state index contributed by atoms with van der Waals surface area (Å²) < 4.78 is 0. The number of rotatable bonds is 8. The van der Waals surface area contributed by atoms with Crippen LogP contribution in [-0.2, 0) is 0 Å². The first-order valence-corrected chi connectivity index (χ1v) is 7.37. The summed E-state index contributed by atoms with van der Waals surface area (Å²) in [7, 11) is 0. The normalized spacial score (nSPS) is 12.9. The van der Waals surface area contributed by atoms with Crippen molar-refractivity contribution in [3.63, 3.8) is 0 Å². The van der Waals surface area contributed by atoms with Crippen molar-refractivity contribution >= 4 is 0 Å². The van der Waals surface area contributed by atoms with Gasteiger partial charge in [-0.2, -0.15) is 0 Å². The van der Waals surface area contributed by atoms with Crippen LogP contribution in [0.1, 0.15) is 63.6 Å². The number of nitrogens with zero attached hydrogens (tertiary/aromatic N) is 1. The van der Waals surface area contributed by atoms with Gasteiger partial charge in [0, 0.05) is 18.4 Å². The Hall–Kier alpha value is -0.890. The summed E-state index contributed by atoms with van der Waals surface area (Å²) in [4.78, 5) is 4.35. The molecule has 0 aromatic carbocycles. The van der Waals surface area contributed by atoms with Crippen LogP contribution in [0.4, 0.5) is 0 Å². The van der Waals surface area contributed by atoms with Crippen LogP contribution in [0.15, 0.2) is 18.5 Å². The molecular formula is C16H28N2. The summed E-state index contributed by atoms with van der Waals surface area (Å²) in [6.07, 6.45) is 9.05. The van der Waals surface area contributed by atoms with Crippen molar-refractivity contribution in [2.45, 2.75) is 59.4 Å². The zero-order chi connectivity index (χ0) is 13.4. The second-order valence-corrected chi connectivity index (χ2v) is 5.17. The molecule has 102 valence electrons. The van der Waals surface area contributed by atoms with E-state index in [2.05, 4.69) is 44.1 Å². The molecule has 1 heterocycles. The van der Waals surface area contributed by atoms with E-state index < -0.39 is 0 Å². The van der Waals surface area contributed by atoms with Crippen molar-refractivity contribution < 1.29 is 0 Å². The molecule has 1 aromatic rings. The van der Waals surface area contributed by atoms with Gasteiger partial charge in [-0.15, -0.1) is 0 Å². The molecule has 0 bridgehead atoms. The van der Waals surface area contributed by atoms with E-state index in [1.54, 1.807) is 0 Å². The summed E-state index contributed by atoms with van der Waals surface area (Å²) in [6, 6.07) is 2.74. The Morgan fingerprint density at radius 3 is 2.28 bits per heavy atom. The van der Waals surface area contributed by atoms with Crippen molar-refractivity contribution in [3.05, 3.63) is 29.6 Å². The molecule has 18 heavy (non-hydrogen) atoms. The van der Waals surface area contributed by atoms with E-state index >= 15 is 0 Å². The van der Waals surface area contributed by atoms with Crippen molar-refractivity contribution in [1.82, 2.24) is 10.3 Å². The summed E-state index contributed by atoms with van der Waals surface area (Å²) >= 11 is 0. The molecule has 0 fully saturated rings. The van der Waals surface area contributed by atoms with E-state index in [1.807, 2.05) is 12.4 Å². The van der Waals surface area contributed by atoms with E-state index in [9.17, 15) is 0 Å². The zero-order valence-corrected chi connectivity index (χ0v) is 12.4. The largest absolute Gasteiger partial charge is 0.310 e. The van der Waals surface area contributed by atoms with Gasteiger partial charge >= 0.3 is 0 Å². The molecular weight excluding hydrogens is 220 g/mol. The van der Waals surface area contributed by atoms with Gasteiger partial charge in [-0.3, -0.25) is 4.98 Å². The predicted molar refractivity (Wildman–Crippen MR) is 78.7 cm³/mol. The Morgan fingerprint density at radius 2 is 1.78 bits per heavy atom. The standard InChI is InChI=1S/C16H28N2/c1-5-8-14(9-6-2)16(18-7-3)15-10-13(4)11-17-12-15/h10-12,14,16,18H,5-9H2,1-4H3. The average molecular weight is 248 g/mol. The lowest BCUT2D eigenvalue weighted by Crippen LogP contribution is -2.28. The van der Waals surface area contributed by atoms with Crippen LogP contribution in [0, 0.1) is 12.8 Å². The highest BCUT2D eigenvalue weighted by molar-refractivity contribution is 5.21. The zero-order valence-electron chi connectivity index (χ0n) is 12.4. The third-order valence-electron chi connectivity index (χ3n) is 3.47. The Labute approximate surface area is 112 Å². The fourth-order valence-corrected chi connectivity index (χ4v) is 2.74. The molecule has 2 heteroatoms. The number of pyridine rings is 1. The lowest BCUT2D eigenvalue weighted by molar-refractivity contribution is 0.319. The molecule has 2 nitrogen and oxygen atoms in total. The quantitative estimate of drug-likeness (QED) is 0.743.